The van der Waals surface area contributed by atoms with Gasteiger partial charge in [-0.1, -0.05) is 6.08 Å². The Bertz CT molecular complexity index is 251. The predicted octanol–water partition coefficient (Wildman–Crippen LogP) is 2.35. The summed E-state index contributed by atoms with van der Waals surface area (Å²) in [7, 11) is 2.00. The SMILES string of the molecule is CN1C=CCN=C(I)/C=C\C=C/1. The van der Waals surface area contributed by atoms with Gasteiger partial charge in [-0.05, 0) is 40.8 Å². The highest BCUT2D eigenvalue weighted by Gasteiger charge is 1.86. The van der Waals surface area contributed by atoms with E-state index >= 15 is 0 Å². The van der Waals surface area contributed by atoms with E-state index in [1.165, 1.54) is 0 Å². The van der Waals surface area contributed by atoms with Crippen molar-refractivity contribution in [2.75, 3.05) is 13.6 Å². The second-order valence-electron chi connectivity index (χ2n) is 2.41. The zero-order valence-electron chi connectivity index (χ0n) is 6.94. The topological polar surface area (TPSA) is 15.6 Å². The van der Waals surface area contributed by atoms with Crippen LogP contribution in [-0.2, 0) is 0 Å². The first-order chi connectivity index (χ1) is 5.79. The number of rotatable bonds is 0. The molecule has 0 spiro atoms. The summed E-state index contributed by atoms with van der Waals surface area (Å²) in [6, 6.07) is 0. The van der Waals surface area contributed by atoms with Crippen LogP contribution in [0.5, 0.6) is 0 Å². The van der Waals surface area contributed by atoms with Gasteiger partial charge in [-0.25, -0.2) is 0 Å². The third-order valence-electron chi connectivity index (χ3n) is 1.35. The molecule has 1 rings (SSSR count). The van der Waals surface area contributed by atoms with Gasteiger partial charge in [0.1, 0.15) is 0 Å². The number of hydrogen-bond donors (Lipinski definition) is 0. The molecule has 3 heteroatoms. The summed E-state index contributed by atoms with van der Waals surface area (Å²) in [5.74, 6) is 0. The fraction of sp³-hybridized carbons (Fsp3) is 0.222. The van der Waals surface area contributed by atoms with Gasteiger partial charge in [0.15, 0.2) is 0 Å². The molecule has 1 aliphatic rings. The molecule has 0 N–H and O–H groups in total. The Kier molecular flexibility index (Phi) is 4.07. The van der Waals surface area contributed by atoms with Crippen LogP contribution in [0.25, 0.3) is 0 Å². The summed E-state index contributed by atoms with van der Waals surface area (Å²) in [6.45, 7) is 0.751. The minimum atomic E-state index is 0.751. The van der Waals surface area contributed by atoms with Crippen molar-refractivity contribution in [3.05, 3.63) is 36.7 Å². The highest BCUT2D eigenvalue weighted by Crippen LogP contribution is 1.97. The largest absolute Gasteiger partial charge is 0.358 e. The summed E-state index contributed by atoms with van der Waals surface area (Å²) in [6.07, 6.45) is 12.0. The molecule has 64 valence electrons. The van der Waals surface area contributed by atoms with Gasteiger partial charge in [-0.2, -0.15) is 0 Å². The maximum Gasteiger partial charge on any atom is 0.0957 e. The number of hydrogen-bond acceptors (Lipinski definition) is 2. The van der Waals surface area contributed by atoms with Crippen LogP contribution >= 0.6 is 22.6 Å². The lowest BCUT2D eigenvalue weighted by Crippen LogP contribution is -2.00. The van der Waals surface area contributed by atoms with E-state index in [4.69, 9.17) is 0 Å². The fourth-order valence-electron chi connectivity index (χ4n) is 0.776. The van der Waals surface area contributed by atoms with Gasteiger partial charge in [0.05, 0.1) is 10.3 Å². The Morgan fingerprint density at radius 2 is 2.25 bits per heavy atom. The van der Waals surface area contributed by atoms with Crippen molar-refractivity contribution in [3.63, 3.8) is 0 Å². The number of halogens is 1. The van der Waals surface area contributed by atoms with Crippen molar-refractivity contribution >= 4 is 26.3 Å². The summed E-state index contributed by atoms with van der Waals surface area (Å²) >= 11 is 2.22. The third kappa shape index (κ3) is 3.71. The molecule has 0 unspecified atom stereocenters. The molecule has 0 saturated heterocycles. The Hall–Kier alpha value is -0.580. The van der Waals surface area contributed by atoms with Crippen LogP contribution in [0.1, 0.15) is 0 Å². The predicted molar refractivity (Wildman–Crippen MR) is 61.5 cm³/mol. The minimum absolute atomic E-state index is 0.751. The monoisotopic (exact) mass is 274 g/mol. The molecule has 1 heterocycles. The number of aliphatic imine (C=N–C) groups is 1. The van der Waals surface area contributed by atoms with Gasteiger partial charge in [-0.3, -0.25) is 4.99 Å². The van der Waals surface area contributed by atoms with Gasteiger partial charge in [0, 0.05) is 19.4 Å². The van der Waals surface area contributed by atoms with E-state index in [0.717, 1.165) is 10.3 Å². The van der Waals surface area contributed by atoms with Crippen molar-refractivity contribution in [2.24, 2.45) is 4.99 Å². The van der Waals surface area contributed by atoms with E-state index in [9.17, 15) is 0 Å². The highest BCUT2D eigenvalue weighted by molar-refractivity contribution is 14.1. The fourth-order valence-corrected chi connectivity index (χ4v) is 1.18. The van der Waals surface area contributed by atoms with Gasteiger partial charge in [0.25, 0.3) is 0 Å². The van der Waals surface area contributed by atoms with Crippen molar-refractivity contribution in [1.82, 2.24) is 4.90 Å². The molecule has 0 aromatic rings. The molecule has 0 radical (unpaired) electrons. The summed E-state index contributed by atoms with van der Waals surface area (Å²) < 4.78 is 1.03. The summed E-state index contributed by atoms with van der Waals surface area (Å²) in [5.41, 5.74) is 0. The molecular formula is C9H11IN2. The second-order valence-corrected chi connectivity index (χ2v) is 3.52. The van der Waals surface area contributed by atoms with E-state index in [1.54, 1.807) is 0 Å². The molecule has 0 fully saturated rings. The van der Waals surface area contributed by atoms with Crippen LogP contribution in [0.4, 0.5) is 0 Å². The minimum Gasteiger partial charge on any atom is -0.358 e. The van der Waals surface area contributed by atoms with E-state index in [2.05, 4.69) is 27.6 Å². The van der Waals surface area contributed by atoms with Crippen molar-refractivity contribution in [2.45, 2.75) is 0 Å². The van der Waals surface area contributed by atoms with E-state index < -0.39 is 0 Å². The first-order valence-electron chi connectivity index (χ1n) is 3.72. The average Bonchev–Trinajstić information content (AvgIpc) is 2.06. The Labute approximate surface area is 86.5 Å². The number of nitrogens with zero attached hydrogens (tertiary/aromatic N) is 2. The molecule has 12 heavy (non-hydrogen) atoms. The van der Waals surface area contributed by atoms with Crippen LogP contribution in [0, 0.1) is 0 Å². The van der Waals surface area contributed by atoms with Gasteiger partial charge in [0.2, 0.25) is 0 Å². The summed E-state index contributed by atoms with van der Waals surface area (Å²) in [4.78, 5) is 6.29. The molecule has 0 aromatic carbocycles. The van der Waals surface area contributed by atoms with E-state index in [1.807, 2.05) is 48.7 Å². The van der Waals surface area contributed by atoms with Gasteiger partial charge >= 0.3 is 0 Å². The van der Waals surface area contributed by atoms with E-state index in [0.29, 0.717) is 0 Å². The highest BCUT2D eigenvalue weighted by atomic mass is 127. The summed E-state index contributed by atoms with van der Waals surface area (Å²) in [5, 5.41) is 0. The Balaban J connectivity index is 2.71. The molecule has 0 amide bonds. The Morgan fingerprint density at radius 3 is 3.08 bits per heavy atom. The third-order valence-corrected chi connectivity index (χ3v) is 2.06. The smallest absolute Gasteiger partial charge is 0.0957 e. The lowest BCUT2D eigenvalue weighted by atomic mass is 10.4. The van der Waals surface area contributed by atoms with Crippen LogP contribution in [0.15, 0.2) is 41.7 Å². The lowest BCUT2D eigenvalue weighted by Gasteiger charge is -2.05. The van der Waals surface area contributed by atoms with Crippen molar-refractivity contribution in [3.8, 4) is 0 Å². The molecule has 2 nitrogen and oxygen atoms in total. The second kappa shape index (κ2) is 5.13. The normalized spacial score (nSPS) is 23.2. The van der Waals surface area contributed by atoms with Gasteiger partial charge in [-0.15, -0.1) is 0 Å². The molecular weight excluding hydrogens is 263 g/mol. The van der Waals surface area contributed by atoms with Crippen molar-refractivity contribution in [1.29, 1.82) is 0 Å². The Morgan fingerprint density at radius 1 is 1.42 bits per heavy atom. The molecule has 0 atom stereocenters. The molecule has 0 aromatic heterocycles. The van der Waals surface area contributed by atoms with Crippen LogP contribution < -0.4 is 0 Å². The van der Waals surface area contributed by atoms with E-state index in [-0.39, 0.29) is 0 Å². The average molecular weight is 274 g/mol. The van der Waals surface area contributed by atoms with Gasteiger partial charge < -0.3 is 4.90 Å². The maximum absolute atomic E-state index is 4.29. The zero-order chi connectivity index (χ0) is 8.81. The molecule has 0 bridgehead atoms. The van der Waals surface area contributed by atoms with Crippen molar-refractivity contribution < 1.29 is 0 Å². The van der Waals surface area contributed by atoms with Crippen LogP contribution in [-0.4, -0.2) is 22.2 Å². The zero-order valence-corrected chi connectivity index (χ0v) is 9.10. The lowest BCUT2D eigenvalue weighted by molar-refractivity contribution is 0.624. The van der Waals surface area contributed by atoms with Crippen LogP contribution in [0.3, 0.4) is 0 Å². The van der Waals surface area contributed by atoms with Crippen LogP contribution in [0.2, 0.25) is 0 Å². The first-order valence-corrected chi connectivity index (χ1v) is 4.80. The molecule has 0 saturated carbocycles. The molecule has 0 aliphatic carbocycles. The molecule has 1 aliphatic heterocycles. The first kappa shape index (κ1) is 9.51. The quantitative estimate of drug-likeness (QED) is 0.619. The maximum atomic E-state index is 4.29. The number of allylic oxidation sites excluding steroid dienone is 3. The standard InChI is InChI=1S/C9H11IN2/c1-12-7-3-2-5-9(10)11-6-4-8-12/h2-5,7-8H,6H2,1H3/b5-2-,7-3-,8-4?,11-9?.